The lowest BCUT2D eigenvalue weighted by atomic mass is 10.4. The Morgan fingerprint density at radius 1 is 1.67 bits per heavy atom. The number of nitrogens with one attached hydrogen (secondary N) is 1. The molecule has 1 rings (SSSR count). The van der Waals surface area contributed by atoms with Crippen LogP contribution in [0.2, 0.25) is 0 Å². The highest BCUT2D eigenvalue weighted by Crippen LogP contribution is 1.92. The summed E-state index contributed by atoms with van der Waals surface area (Å²) in [5, 5.41) is 8.19. The monoisotopic (exact) mass is 392 g/mol. The summed E-state index contributed by atoms with van der Waals surface area (Å²) in [5.41, 5.74) is 0.683. The van der Waals surface area contributed by atoms with Gasteiger partial charge in [0.2, 0.25) is 0 Å². The van der Waals surface area contributed by atoms with Crippen molar-refractivity contribution in [1.82, 2.24) is 9.97 Å². The van der Waals surface area contributed by atoms with Gasteiger partial charge >= 0.3 is 5.97 Å². The first kappa shape index (κ1) is 11.9. The normalized spacial score (nSPS) is 9.17. The summed E-state index contributed by atoms with van der Waals surface area (Å²) < 4.78 is 0. The Morgan fingerprint density at radius 2 is 2.33 bits per heavy atom. The predicted octanol–water partition coefficient (Wildman–Crippen LogP) is 2.28. The van der Waals surface area contributed by atoms with Gasteiger partial charge in [0, 0.05) is 43.3 Å². The van der Waals surface area contributed by atoms with E-state index in [0.29, 0.717) is 5.69 Å². The molecule has 2 N–H and O–H groups in total. The SMILES string of the molecule is II.O=C(O)C=Cc1cnc[nH]1. The van der Waals surface area contributed by atoms with Gasteiger partial charge in [-0.1, -0.05) is 0 Å². The molecule has 1 heterocycles. The van der Waals surface area contributed by atoms with Crippen LogP contribution in [0, 0.1) is 0 Å². The Balaban J connectivity index is 0.000000561. The highest BCUT2D eigenvalue weighted by Gasteiger charge is 1.87. The van der Waals surface area contributed by atoms with Crippen molar-refractivity contribution in [1.29, 1.82) is 0 Å². The summed E-state index contributed by atoms with van der Waals surface area (Å²) in [5.74, 6) is -0.963. The Hall–Kier alpha value is -0.120. The molecule has 0 amide bonds. The number of aromatic amines is 1. The van der Waals surface area contributed by atoms with Gasteiger partial charge in [0.1, 0.15) is 0 Å². The van der Waals surface area contributed by atoms with Gasteiger partial charge in [0.15, 0.2) is 0 Å². The molecule has 0 aromatic carbocycles. The number of hydrogen-bond acceptors (Lipinski definition) is 2. The van der Waals surface area contributed by atoms with Gasteiger partial charge in [-0.05, 0) is 6.08 Å². The molecule has 66 valence electrons. The van der Waals surface area contributed by atoms with Crippen LogP contribution in [-0.4, -0.2) is 21.0 Å². The number of imidazole rings is 1. The van der Waals surface area contributed by atoms with E-state index in [1.165, 1.54) is 12.4 Å². The molecule has 0 aliphatic carbocycles. The average Bonchev–Trinajstić information content (AvgIpc) is 2.56. The molecule has 0 saturated carbocycles. The van der Waals surface area contributed by atoms with E-state index in [-0.39, 0.29) is 0 Å². The maximum absolute atomic E-state index is 9.97. The molecule has 0 unspecified atom stereocenters. The fraction of sp³-hybridized carbons (Fsp3) is 0. The van der Waals surface area contributed by atoms with Crippen molar-refractivity contribution in [3.05, 3.63) is 24.3 Å². The van der Waals surface area contributed by atoms with Crippen molar-refractivity contribution < 1.29 is 9.90 Å². The van der Waals surface area contributed by atoms with E-state index in [1.54, 1.807) is 6.20 Å². The standard InChI is InChI=1S/C6H6N2O2.I2/c9-6(10)2-1-5-3-7-4-8-5;1-2/h1-4H,(H,7,8)(H,9,10);. The van der Waals surface area contributed by atoms with Crippen LogP contribution >= 0.6 is 37.2 Å². The van der Waals surface area contributed by atoms with Crippen LogP contribution in [0.25, 0.3) is 6.08 Å². The zero-order chi connectivity index (χ0) is 9.40. The van der Waals surface area contributed by atoms with Crippen molar-refractivity contribution in [3.8, 4) is 0 Å². The number of carboxylic acids is 1. The van der Waals surface area contributed by atoms with Gasteiger partial charge < -0.3 is 10.1 Å². The molecule has 0 aliphatic heterocycles. The summed E-state index contributed by atoms with van der Waals surface area (Å²) in [6.45, 7) is 0. The predicted molar refractivity (Wildman–Crippen MR) is 63.3 cm³/mol. The van der Waals surface area contributed by atoms with E-state index in [9.17, 15) is 4.79 Å². The number of rotatable bonds is 2. The Morgan fingerprint density at radius 3 is 2.75 bits per heavy atom. The highest BCUT2D eigenvalue weighted by molar-refractivity contribution is 15.0. The molecule has 0 aliphatic rings. The Bertz CT molecular complexity index is 246. The van der Waals surface area contributed by atoms with Crippen LogP contribution in [0.5, 0.6) is 0 Å². The van der Waals surface area contributed by atoms with Crippen LogP contribution in [0.15, 0.2) is 18.6 Å². The van der Waals surface area contributed by atoms with E-state index < -0.39 is 5.97 Å². The van der Waals surface area contributed by atoms with E-state index in [0.717, 1.165) is 6.08 Å². The fourth-order valence-corrected chi connectivity index (χ4v) is 0.519. The number of aliphatic carboxylic acids is 1. The second-order valence-corrected chi connectivity index (χ2v) is 1.68. The number of halogens is 2. The molecule has 0 radical (unpaired) electrons. The smallest absolute Gasteiger partial charge is 0.328 e. The van der Waals surface area contributed by atoms with Crippen LogP contribution < -0.4 is 0 Å². The molecule has 0 fully saturated rings. The maximum Gasteiger partial charge on any atom is 0.328 e. The minimum atomic E-state index is -0.963. The summed E-state index contributed by atoms with van der Waals surface area (Å²) in [6.07, 6.45) is 5.52. The van der Waals surface area contributed by atoms with E-state index in [2.05, 4.69) is 47.2 Å². The lowest BCUT2D eigenvalue weighted by Gasteiger charge is -1.79. The van der Waals surface area contributed by atoms with Gasteiger partial charge in [-0.15, -0.1) is 0 Å². The Kier molecular flexibility index (Phi) is 7.45. The first-order valence-corrected chi connectivity index (χ1v) is 9.11. The minimum Gasteiger partial charge on any atom is -0.478 e. The van der Waals surface area contributed by atoms with Gasteiger partial charge in [-0.25, -0.2) is 9.78 Å². The minimum absolute atomic E-state index is 0.683. The number of hydrogen-bond donors (Lipinski definition) is 2. The topological polar surface area (TPSA) is 66.0 Å². The molecular formula is C6H6I2N2O2. The summed E-state index contributed by atoms with van der Waals surface area (Å²) in [4.78, 5) is 16.4. The number of nitrogens with zero attached hydrogens (tertiary/aromatic N) is 1. The molecular weight excluding hydrogens is 386 g/mol. The summed E-state index contributed by atoms with van der Waals surface area (Å²) in [6, 6.07) is 0. The van der Waals surface area contributed by atoms with Crippen LogP contribution in [0.1, 0.15) is 5.69 Å². The second-order valence-electron chi connectivity index (χ2n) is 1.68. The number of H-pyrrole nitrogens is 1. The van der Waals surface area contributed by atoms with Gasteiger partial charge in [0.05, 0.1) is 18.2 Å². The third-order valence-corrected chi connectivity index (χ3v) is 0.925. The third-order valence-electron chi connectivity index (χ3n) is 0.925. The molecule has 12 heavy (non-hydrogen) atoms. The lowest BCUT2D eigenvalue weighted by Crippen LogP contribution is -1.85. The first-order valence-electron chi connectivity index (χ1n) is 2.83. The first-order chi connectivity index (χ1) is 5.79. The zero-order valence-electron chi connectivity index (χ0n) is 5.87. The second kappa shape index (κ2) is 7.53. The molecule has 6 heteroatoms. The van der Waals surface area contributed by atoms with Crippen molar-refractivity contribution in [2.24, 2.45) is 0 Å². The molecule has 0 saturated heterocycles. The number of carboxylic acid groups (broad SMARTS) is 1. The largest absolute Gasteiger partial charge is 0.478 e. The zero-order valence-corrected chi connectivity index (χ0v) is 10.2. The fourth-order valence-electron chi connectivity index (χ4n) is 0.519. The lowest BCUT2D eigenvalue weighted by molar-refractivity contribution is -0.131. The molecule has 0 atom stereocenters. The molecule has 1 aromatic heterocycles. The van der Waals surface area contributed by atoms with Gasteiger partial charge in [-0.2, -0.15) is 0 Å². The van der Waals surface area contributed by atoms with E-state index in [1.807, 2.05) is 0 Å². The maximum atomic E-state index is 9.97. The summed E-state index contributed by atoms with van der Waals surface area (Å²) >= 11 is 4.24. The molecule has 0 bridgehead atoms. The third kappa shape index (κ3) is 5.52. The van der Waals surface area contributed by atoms with Crippen molar-refractivity contribution in [2.45, 2.75) is 0 Å². The van der Waals surface area contributed by atoms with Crippen molar-refractivity contribution in [3.63, 3.8) is 0 Å². The van der Waals surface area contributed by atoms with Gasteiger partial charge in [0.25, 0.3) is 0 Å². The van der Waals surface area contributed by atoms with E-state index >= 15 is 0 Å². The average molecular weight is 392 g/mol. The van der Waals surface area contributed by atoms with Crippen molar-refractivity contribution in [2.75, 3.05) is 0 Å². The van der Waals surface area contributed by atoms with Crippen molar-refractivity contribution >= 4 is 49.3 Å². The molecule has 4 nitrogen and oxygen atoms in total. The molecule has 0 spiro atoms. The van der Waals surface area contributed by atoms with Gasteiger partial charge in [-0.3, -0.25) is 0 Å². The Labute approximate surface area is 92.8 Å². The molecule has 1 aromatic rings. The number of aromatic nitrogens is 2. The quantitative estimate of drug-likeness (QED) is 0.600. The van der Waals surface area contributed by atoms with Crippen LogP contribution in [0.4, 0.5) is 0 Å². The summed E-state index contributed by atoms with van der Waals surface area (Å²) in [7, 11) is 0. The van der Waals surface area contributed by atoms with Crippen LogP contribution in [0.3, 0.4) is 0 Å². The van der Waals surface area contributed by atoms with E-state index in [4.69, 9.17) is 5.11 Å². The highest BCUT2D eigenvalue weighted by atomic mass is 128. The van der Waals surface area contributed by atoms with Crippen LogP contribution in [-0.2, 0) is 4.79 Å². The number of carbonyl (C=O) groups is 1.